The Labute approximate surface area is 189 Å². The van der Waals surface area contributed by atoms with Crippen LogP contribution in [0, 0.1) is 5.92 Å². The number of hydrogen-bond acceptors (Lipinski definition) is 6. The highest BCUT2D eigenvalue weighted by molar-refractivity contribution is 7.52. The average Bonchev–Trinajstić information content (AvgIpc) is 2.73. The number of nitrogens with one attached hydrogen (secondary N) is 3. The van der Waals surface area contributed by atoms with Gasteiger partial charge in [0.05, 0.1) is 19.8 Å². The third-order valence-corrected chi connectivity index (χ3v) is 6.18. The number of aliphatic hydroxyl groups is 1. The van der Waals surface area contributed by atoms with Crippen molar-refractivity contribution in [3.63, 3.8) is 0 Å². The zero-order chi connectivity index (χ0) is 24.3. The summed E-state index contributed by atoms with van der Waals surface area (Å²) in [5.41, 5.74) is 0.783. The lowest BCUT2D eigenvalue weighted by molar-refractivity contribution is -0.130. The van der Waals surface area contributed by atoms with Gasteiger partial charge in [-0.15, -0.1) is 0 Å². The van der Waals surface area contributed by atoms with Crippen LogP contribution in [0.4, 0.5) is 0 Å². The maximum absolute atomic E-state index is 13.1. The van der Waals surface area contributed by atoms with Crippen molar-refractivity contribution < 1.29 is 33.8 Å². The standard InChI is InChI=1S/C21H36N3O7P/c1-5-19(32(28,29)30)23-17(12-14(2)3)21(27)24-18(20(26)22-10-11-25)13-15-6-8-16(31-4)9-7-15/h6-9,14,17-19,23,25H,5,10-13H2,1-4H3,(H,22,26)(H,24,27)(H2,28,29,30)/t17-,18-,19?/m0/s1. The van der Waals surface area contributed by atoms with Gasteiger partial charge in [0.2, 0.25) is 11.8 Å². The van der Waals surface area contributed by atoms with Gasteiger partial charge in [-0.25, -0.2) is 0 Å². The number of methoxy groups -OCH3 is 1. The van der Waals surface area contributed by atoms with Crippen molar-refractivity contribution in [2.24, 2.45) is 5.92 Å². The normalized spacial score (nSPS) is 14.5. The molecule has 0 bridgehead atoms. The second-order valence-electron chi connectivity index (χ2n) is 7.99. The van der Waals surface area contributed by atoms with Crippen molar-refractivity contribution in [3.8, 4) is 5.75 Å². The Balaban J connectivity index is 3.06. The first kappa shape index (κ1) is 28.1. The van der Waals surface area contributed by atoms with Crippen LogP contribution in [0.25, 0.3) is 0 Å². The molecule has 182 valence electrons. The summed E-state index contributed by atoms with van der Waals surface area (Å²) in [6.07, 6.45) is 0.658. The van der Waals surface area contributed by atoms with E-state index in [4.69, 9.17) is 9.84 Å². The second-order valence-corrected chi connectivity index (χ2v) is 9.79. The summed E-state index contributed by atoms with van der Waals surface area (Å²) in [4.78, 5) is 44.8. The molecule has 0 aliphatic rings. The van der Waals surface area contributed by atoms with Gasteiger partial charge in [0.1, 0.15) is 17.6 Å². The minimum Gasteiger partial charge on any atom is -0.497 e. The molecule has 10 nitrogen and oxygen atoms in total. The molecule has 32 heavy (non-hydrogen) atoms. The van der Waals surface area contributed by atoms with E-state index in [1.165, 1.54) is 0 Å². The lowest BCUT2D eigenvalue weighted by Gasteiger charge is -2.28. The Bertz CT molecular complexity index is 767. The number of rotatable bonds is 14. The molecule has 0 aromatic heterocycles. The molecule has 0 fully saturated rings. The third-order valence-electron chi connectivity index (χ3n) is 4.85. The smallest absolute Gasteiger partial charge is 0.342 e. The van der Waals surface area contributed by atoms with Gasteiger partial charge in [0.15, 0.2) is 0 Å². The number of hydrogen-bond donors (Lipinski definition) is 6. The molecule has 1 rings (SSSR count). The Morgan fingerprint density at radius 2 is 1.72 bits per heavy atom. The highest BCUT2D eigenvalue weighted by Crippen LogP contribution is 2.41. The fourth-order valence-electron chi connectivity index (χ4n) is 3.19. The number of carbonyl (C=O) groups is 2. The monoisotopic (exact) mass is 473 g/mol. The molecular formula is C21H36N3O7P. The zero-order valence-corrected chi connectivity index (χ0v) is 20.0. The van der Waals surface area contributed by atoms with Crippen LogP contribution in [-0.4, -0.2) is 64.8 Å². The van der Waals surface area contributed by atoms with Gasteiger partial charge in [-0.05, 0) is 36.5 Å². The van der Waals surface area contributed by atoms with Crippen LogP contribution >= 0.6 is 7.60 Å². The quantitative estimate of drug-likeness (QED) is 0.216. The van der Waals surface area contributed by atoms with Crippen molar-refractivity contribution in [1.29, 1.82) is 0 Å². The van der Waals surface area contributed by atoms with Gasteiger partial charge in [-0.2, -0.15) is 0 Å². The van der Waals surface area contributed by atoms with Crippen LogP contribution in [0.2, 0.25) is 0 Å². The predicted octanol–water partition coefficient (Wildman–Crippen LogP) is 0.749. The summed E-state index contributed by atoms with van der Waals surface area (Å²) in [5, 5.41) is 17.1. The average molecular weight is 474 g/mol. The third kappa shape index (κ3) is 9.67. The van der Waals surface area contributed by atoms with Crippen molar-refractivity contribution in [1.82, 2.24) is 16.0 Å². The summed E-state index contributed by atoms with van der Waals surface area (Å²) in [5.74, 6) is -1.43. The number of ether oxygens (including phenoxy) is 1. The van der Waals surface area contributed by atoms with Gasteiger partial charge in [0.25, 0.3) is 0 Å². The van der Waals surface area contributed by atoms with E-state index in [0.29, 0.717) is 12.2 Å². The first-order valence-electron chi connectivity index (χ1n) is 10.6. The first-order chi connectivity index (χ1) is 15.0. The molecule has 0 aliphatic heterocycles. The Hall–Kier alpha value is -1.97. The van der Waals surface area contributed by atoms with Crippen molar-refractivity contribution in [2.75, 3.05) is 20.3 Å². The van der Waals surface area contributed by atoms with Crippen molar-refractivity contribution in [3.05, 3.63) is 29.8 Å². The lowest BCUT2D eigenvalue weighted by Crippen LogP contribution is -2.55. The van der Waals surface area contributed by atoms with E-state index < -0.39 is 37.3 Å². The van der Waals surface area contributed by atoms with Gasteiger partial charge < -0.3 is 30.3 Å². The van der Waals surface area contributed by atoms with Gasteiger partial charge in [-0.3, -0.25) is 19.5 Å². The molecular weight excluding hydrogens is 437 g/mol. The van der Waals surface area contributed by atoms with Crippen molar-refractivity contribution in [2.45, 2.75) is 57.9 Å². The van der Waals surface area contributed by atoms with E-state index in [9.17, 15) is 23.9 Å². The predicted molar refractivity (Wildman–Crippen MR) is 121 cm³/mol. The first-order valence-corrected chi connectivity index (χ1v) is 12.3. The summed E-state index contributed by atoms with van der Waals surface area (Å²) in [7, 11) is -2.91. The van der Waals surface area contributed by atoms with E-state index in [-0.39, 0.29) is 31.9 Å². The SMILES string of the molecule is CCC(N[C@@H](CC(C)C)C(=O)N[C@@H](Cc1ccc(OC)cc1)C(=O)NCCO)P(=O)(O)O. The van der Waals surface area contributed by atoms with Gasteiger partial charge in [0, 0.05) is 13.0 Å². The maximum Gasteiger partial charge on any atom is 0.342 e. The van der Waals surface area contributed by atoms with Crippen LogP contribution in [0.3, 0.4) is 0 Å². The number of benzene rings is 1. The largest absolute Gasteiger partial charge is 0.497 e. The minimum atomic E-state index is -4.45. The lowest BCUT2D eigenvalue weighted by atomic mass is 10.0. The van der Waals surface area contributed by atoms with Crippen LogP contribution in [0.1, 0.15) is 39.2 Å². The summed E-state index contributed by atoms with van der Waals surface area (Å²) >= 11 is 0. The highest BCUT2D eigenvalue weighted by atomic mass is 31.2. The fraction of sp³-hybridized carbons (Fsp3) is 0.619. The maximum atomic E-state index is 13.1. The highest BCUT2D eigenvalue weighted by Gasteiger charge is 2.33. The topological polar surface area (TPSA) is 157 Å². The summed E-state index contributed by atoms with van der Waals surface area (Å²) in [6.45, 7) is 5.20. The molecule has 3 atom stereocenters. The summed E-state index contributed by atoms with van der Waals surface area (Å²) < 4.78 is 16.9. The van der Waals surface area contributed by atoms with Gasteiger partial charge in [-0.1, -0.05) is 32.9 Å². The molecule has 11 heteroatoms. The Morgan fingerprint density at radius 1 is 1.09 bits per heavy atom. The van der Waals surface area contributed by atoms with E-state index in [1.54, 1.807) is 38.3 Å². The molecule has 2 amide bonds. The van der Waals surface area contributed by atoms with E-state index in [1.807, 2.05) is 13.8 Å². The molecule has 0 radical (unpaired) electrons. The van der Waals surface area contributed by atoms with Crippen molar-refractivity contribution >= 4 is 19.4 Å². The summed E-state index contributed by atoms with van der Waals surface area (Å²) in [6, 6.07) is 5.22. The van der Waals surface area contributed by atoms with E-state index in [2.05, 4.69) is 16.0 Å². The molecule has 0 saturated heterocycles. The molecule has 1 unspecified atom stereocenters. The van der Waals surface area contributed by atoms with E-state index >= 15 is 0 Å². The van der Waals surface area contributed by atoms with Gasteiger partial charge >= 0.3 is 7.60 Å². The van der Waals surface area contributed by atoms with Crippen LogP contribution < -0.4 is 20.7 Å². The van der Waals surface area contributed by atoms with E-state index in [0.717, 1.165) is 5.56 Å². The molecule has 6 N–H and O–H groups in total. The Kier molecular flexibility index (Phi) is 11.9. The molecule has 0 spiro atoms. The molecule has 0 heterocycles. The molecule has 1 aromatic rings. The number of amides is 2. The fourth-order valence-corrected chi connectivity index (χ4v) is 4.04. The van der Waals surface area contributed by atoms with Crippen LogP contribution in [0.5, 0.6) is 5.75 Å². The molecule has 1 aromatic carbocycles. The van der Waals surface area contributed by atoms with Crippen LogP contribution in [-0.2, 0) is 20.6 Å². The second kappa shape index (κ2) is 13.5. The number of aliphatic hydroxyl groups excluding tert-OH is 1. The van der Waals surface area contributed by atoms with Crippen LogP contribution in [0.15, 0.2) is 24.3 Å². The molecule has 0 saturated carbocycles. The molecule has 0 aliphatic carbocycles. The minimum absolute atomic E-state index is 0.0393. The number of carbonyl (C=O) groups excluding carboxylic acids is 2. The zero-order valence-electron chi connectivity index (χ0n) is 19.1. The Morgan fingerprint density at radius 3 is 2.19 bits per heavy atom.